The van der Waals surface area contributed by atoms with Gasteiger partial charge in [-0.05, 0) is 26.8 Å². The third-order valence-electron chi connectivity index (χ3n) is 3.84. The molecule has 2 aliphatic heterocycles. The summed E-state index contributed by atoms with van der Waals surface area (Å²) in [6.07, 6.45) is 1.07. The van der Waals surface area contributed by atoms with Gasteiger partial charge in [0, 0.05) is 26.2 Å². The van der Waals surface area contributed by atoms with E-state index in [1.54, 1.807) is 7.11 Å². The van der Waals surface area contributed by atoms with Gasteiger partial charge in [-0.1, -0.05) is 0 Å². The Hall–Kier alpha value is -0.0231. The van der Waals surface area contributed by atoms with E-state index in [1.807, 2.05) is 13.8 Å². The highest BCUT2D eigenvalue weighted by atomic mass is 28.4. The Balaban J connectivity index is 1.84. The Labute approximate surface area is 129 Å². The van der Waals surface area contributed by atoms with Crippen LogP contribution in [0.15, 0.2) is 0 Å². The molecule has 0 spiro atoms. The Morgan fingerprint density at radius 2 is 1.67 bits per heavy atom. The second-order valence-electron chi connectivity index (χ2n) is 5.84. The zero-order valence-corrected chi connectivity index (χ0v) is 14.5. The highest BCUT2D eigenvalue weighted by molar-refractivity contribution is 6.60. The van der Waals surface area contributed by atoms with E-state index in [0.29, 0.717) is 13.2 Å². The van der Waals surface area contributed by atoms with Gasteiger partial charge in [-0.3, -0.25) is 4.90 Å². The lowest BCUT2D eigenvalue weighted by Crippen LogP contribution is -2.52. The predicted molar refractivity (Wildman–Crippen MR) is 81.4 cm³/mol. The van der Waals surface area contributed by atoms with Gasteiger partial charge < -0.3 is 22.8 Å². The second kappa shape index (κ2) is 8.57. The fraction of sp³-hybridized carbons (Fsp3) is 1.00. The number of ether oxygens (including phenoxy) is 2. The topological polar surface area (TPSA) is 49.4 Å². The van der Waals surface area contributed by atoms with Crippen LogP contribution < -0.4 is 0 Å². The minimum absolute atomic E-state index is 0.0208. The maximum absolute atomic E-state index is 6.11. The van der Waals surface area contributed by atoms with Crippen molar-refractivity contribution in [1.82, 2.24) is 4.90 Å². The van der Waals surface area contributed by atoms with E-state index >= 15 is 0 Å². The molecule has 0 bridgehead atoms. The van der Waals surface area contributed by atoms with Crippen LogP contribution in [0.1, 0.15) is 20.3 Å². The molecule has 2 heterocycles. The van der Waals surface area contributed by atoms with E-state index in [1.165, 1.54) is 0 Å². The molecule has 2 fully saturated rings. The minimum atomic E-state index is -2.59. The monoisotopic (exact) mass is 319 g/mol. The number of rotatable bonds is 5. The Kier molecular flexibility index (Phi) is 7.07. The molecule has 0 saturated carbocycles. The first-order chi connectivity index (χ1) is 10.1. The van der Waals surface area contributed by atoms with Crippen LogP contribution in [0.3, 0.4) is 0 Å². The number of hydrogen-bond acceptors (Lipinski definition) is 6. The average molecular weight is 319 g/mol. The largest absolute Gasteiger partial charge is 0.501 e. The normalized spacial score (nSPS) is 36.1. The summed E-state index contributed by atoms with van der Waals surface area (Å²) < 4.78 is 28.9. The first-order valence-electron chi connectivity index (χ1n) is 7.92. The molecule has 21 heavy (non-hydrogen) atoms. The predicted octanol–water partition coefficient (Wildman–Crippen LogP) is 1.13. The average Bonchev–Trinajstić information content (AvgIpc) is 2.46. The third kappa shape index (κ3) is 5.59. The minimum Gasteiger partial charge on any atom is -0.379 e. The molecule has 0 aromatic carbocycles. The van der Waals surface area contributed by atoms with Crippen LogP contribution >= 0.6 is 0 Å². The highest BCUT2D eigenvalue weighted by Gasteiger charge is 2.44. The van der Waals surface area contributed by atoms with E-state index in [9.17, 15) is 0 Å². The maximum atomic E-state index is 6.11. The van der Waals surface area contributed by atoms with Crippen LogP contribution in [0.5, 0.6) is 0 Å². The number of hydrogen-bond donors (Lipinski definition) is 0. The molecule has 0 radical (unpaired) electrons. The summed E-state index contributed by atoms with van der Waals surface area (Å²) in [4.78, 5) is 2.43. The summed E-state index contributed by atoms with van der Waals surface area (Å²) in [5.41, 5.74) is 0. The van der Waals surface area contributed by atoms with Gasteiger partial charge in [-0.25, -0.2) is 0 Å². The molecule has 0 N–H and O–H groups in total. The molecular formula is C14H29NO5Si. The first-order valence-corrected chi connectivity index (χ1v) is 9.85. The van der Waals surface area contributed by atoms with E-state index in [4.69, 9.17) is 22.8 Å². The van der Waals surface area contributed by atoms with Gasteiger partial charge in [0.2, 0.25) is 0 Å². The second-order valence-corrected chi connectivity index (χ2v) is 8.58. The van der Waals surface area contributed by atoms with E-state index in [-0.39, 0.29) is 12.2 Å². The van der Waals surface area contributed by atoms with E-state index in [0.717, 1.165) is 45.3 Å². The van der Waals surface area contributed by atoms with Gasteiger partial charge in [-0.2, -0.15) is 0 Å². The molecule has 0 amide bonds. The molecule has 6 nitrogen and oxygen atoms in total. The summed E-state index contributed by atoms with van der Waals surface area (Å²) in [7, 11) is -0.877. The number of nitrogens with zero attached hydrogens (tertiary/aromatic N) is 1. The van der Waals surface area contributed by atoms with Crippen LogP contribution in [0.25, 0.3) is 0 Å². The molecule has 0 aliphatic carbocycles. The zero-order chi connectivity index (χ0) is 15.1. The SMILES string of the molecule is CO[Si]1(CCCN2CCOCC2)OC(C)COCC(C)O1. The Bertz CT molecular complexity index is 289. The van der Waals surface area contributed by atoms with Crippen LogP contribution in [0.4, 0.5) is 0 Å². The zero-order valence-electron chi connectivity index (χ0n) is 13.5. The van der Waals surface area contributed by atoms with Gasteiger partial charge in [0.15, 0.2) is 0 Å². The van der Waals surface area contributed by atoms with Gasteiger partial charge in [0.05, 0.1) is 38.6 Å². The summed E-state index contributed by atoms with van der Waals surface area (Å²) in [6, 6.07) is 0.857. The number of morpholine rings is 1. The van der Waals surface area contributed by atoms with Crippen molar-refractivity contribution >= 4 is 8.80 Å². The van der Waals surface area contributed by atoms with E-state index in [2.05, 4.69) is 4.90 Å². The molecule has 7 heteroatoms. The lowest BCUT2D eigenvalue weighted by Gasteiger charge is -2.36. The summed E-state index contributed by atoms with van der Waals surface area (Å²) in [5, 5.41) is 0. The van der Waals surface area contributed by atoms with Gasteiger partial charge in [0.25, 0.3) is 0 Å². The molecule has 0 aromatic heterocycles. The summed E-state index contributed by atoms with van der Waals surface area (Å²) >= 11 is 0. The molecule has 2 rings (SSSR count). The van der Waals surface area contributed by atoms with Crippen molar-refractivity contribution in [3.05, 3.63) is 0 Å². The summed E-state index contributed by atoms with van der Waals surface area (Å²) in [6.45, 7) is 10.0. The van der Waals surface area contributed by atoms with Crippen molar-refractivity contribution in [3.63, 3.8) is 0 Å². The Morgan fingerprint density at radius 3 is 2.24 bits per heavy atom. The standard InChI is InChI=1S/C14H29NO5Si/c1-13-11-18-12-14(2)20-21(16-3,19-13)10-4-5-15-6-8-17-9-7-15/h13-14H,4-12H2,1-3H3. The van der Waals surface area contributed by atoms with Crippen LogP contribution in [0, 0.1) is 0 Å². The lowest BCUT2D eigenvalue weighted by molar-refractivity contribution is -0.0678. The smallest absolute Gasteiger partial charge is 0.379 e. The molecule has 2 unspecified atom stereocenters. The van der Waals surface area contributed by atoms with Crippen molar-refractivity contribution < 1.29 is 22.8 Å². The maximum Gasteiger partial charge on any atom is 0.501 e. The van der Waals surface area contributed by atoms with Crippen LogP contribution in [0.2, 0.25) is 6.04 Å². The van der Waals surface area contributed by atoms with Crippen molar-refractivity contribution in [2.45, 2.75) is 38.5 Å². The molecule has 2 saturated heterocycles. The fourth-order valence-electron chi connectivity index (χ4n) is 2.77. The van der Waals surface area contributed by atoms with Crippen LogP contribution in [-0.4, -0.2) is 79.1 Å². The Morgan fingerprint density at radius 1 is 1.05 bits per heavy atom. The molecule has 2 atom stereocenters. The third-order valence-corrected chi connectivity index (χ3v) is 6.95. The first kappa shape index (κ1) is 17.3. The molecule has 2 aliphatic rings. The van der Waals surface area contributed by atoms with Crippen molar-refractivity contribution in [2.24, 2.45) is 0 Å². The lowest BCUT2D eigenvalue weighted by atomic mass is 10.3. The van der Waals surface area contributed by atoms with Gasteiger partial charge in [-0.15, -0.1) is 0 Å². The van der Waals surface area contributed by atoms with Crippen molar-refractivity contribution in [2.75, 3.05) is 53.2 Å². The van der Waals surface area contributed by atoms with Gasteiger partial charge >= 0.3 is 8.80 Å². The van der Waals surface area contributed by atoms with Crippen LogP contribution in [-0.2, 0) is 22.8 Å². The molecule has 124 valence electrons. The fourth-order valence-corrected chi connectivity index (χ4v) is 5.41. The quantitative estimate of drug-likeness (QED) is 0.708. The summed E-state index contributed by atoms with van der Waals surface area (Å²) in [5.74, 6) is 0. The molecule has 0 aromatic rings. The van der Waals surface area contributed by atoms with Crippen molar-refractivity contribution in [3.8, 4) is 0 Å². The van der Waals surface area contributed by atoms with Crippen molar-refractivity contribution in [1.29, 1.82) is 0 Å². The highest BCUT2D eigenvalue weighted by Crippen LogP contribution is 2.23. The van der Waals surface area contributed by atoms with E-state index < -0.39 is 8.80 Å². The van der Waals surface area contributed by atoms with Gasteiger partial charge in [0.1, 0.15) is 0 Å². The molecular weight excluding hydrogens is 290 g/mol.